The third kappa shape index (κ3) is 3.36. The van der Waals surface area contributed by atoms with E-state index in [-0.39, 0.29) is 12.1 Å². The Morgan fingerprint density at radius 1 is 1.30 bits per heavy atom. The summed E-state index contributed by atoms with van der Waals surface area (Å²) in [6.45, 7) is 3.49. The van der Waals surface area contributed by atoms with Gasteiger partial charge in [-0.05, 0) is 32.0 Å². The van der Waals surface area contributed by atoms with Gasteiger partial charge in [0.25, 0.3) is 5.56 Å². The second kappa shape index (κ2) is 6.76. The van der Waals surface area contributed by atoms with Crippen molar-refractivity contribution in [3.05, 3.63) is 57.6 Å². The molecule has 0 aliphatic rings. The highest BCUT2D eigenvalue weighted by atomic mass is 32.1. The van der Waals surface area contributed by atoms with Gasteiger partial charge in [-0.3, -0.25) is 9.59 Å². The molecule has 0 saturated carbocycles. The van der Waals surface area contributed by atoms with Crippen LogP contribution < -0.4 is 10.9 Å². The highest BCUT2D eigenvalue weighted by Gasteiger charge is 2.14. The number of amides is 1. The summed E-state index contributed by atoms with van der Waals surface area (Å²) in [6, 6.07) is 8.78. The number of nitrogens with zero attached hydrogens (tertiary/aromatic N) is 4. The molecule has 3 heterocycles. The average Bonchev–Trinajstić information content (AvgIpc) is 3.23. The first kappa shape index (κ1) is 17.1. The number of fused-ring (bicyclic) bond motifs is 1. The number of aryl methyl sites for hydroxylation is 2. The first-order valence-corrected chi connectivity index (χ1v) is 9.04. The molecule has 1 amide bonds. The van der Waals surface area contributed by atoms with Crippen LogP contribution >= 0.6 is 11.3 Å². The fourth-order valence-corrected chi connectivity index (χ4v) is 3.49. The van der Waals surface area contributed by atoms with Crippen molar-refractivity contribution in [2.24, 2.45) is 0 Å². The lowest BCUT2D eigenvalue weighted by Gasteiger charge is -2.04. The van der Waals surface area contributed by atoms with Crippen LogP contribution in [0.4, 0.5) is 5.13 Å². The van der Waals surface area contributed by atoms with Crippen LogP contribution in [0.5, 0.6) is 0 Å². The first-order valence-electron chi connectivity index (χ1n) is 8.16. The second-order valence-corrected chi connectivity index (χ2v) is 6.84. The zero-order chi connectivity index (χ0) is 19.0. The van der Waals surface area contributed by atoms with Crippen LogP contribution in [0.1, 0.15) is 11.5 Å². The Morgan fingerprint density at radius 3 is 2.89 bits per heavy atom. The Labute approximate surface area is 157 Å². The van der Waals surface area contributed by atoms with E-state index >= 15 is 0 Å². The Bertz CT molecular complexity index is 1210. The van der Waals surface area contributed by atoms with Gasteiger partial charge in [-0.2, -0.15) is 0 Å². The number of anilines is 1. The molecule has 0 spiro atoms. The van der Waals surface area contributed by atoms with Gasteiger partial charge in [-0.25, -0.2) is 9.67 Å². The van der Waals surface area contributed by atoms with Gasteiger partial charge in [0.05, 0.1) is 11.1 Å². The molecule has 1 N–H and O–H groups in total. The Morgan fingerprint density at radius 2 is 2.11 bits per heavy atom. The van der Waals surface area contributed by atoms with Crippen LogP contribution in [0, 0.1) is 13.8 Å². The van der Waals surface area contributed by atoms with E-state index in [4.69, 9.17) is 4.42 Å². The third-order valence-corrected chi connectivity index (χ3v) is 4.75. The van der Waals surface area contributed by atoms with Crippen LogP contribution in [0.2, 0.25) is 0 Å². The number of furan rings is 1. The van der Waals surface area contributed by atoms with Crippen LogP contribution in [-0.2, 0) is 11.3 Å². The monoisotopic (exact) mass is 381 g/mol. The molecule has 0 aliphatic carbocycles. The van der Waals surface area contributed by atoms with Gasteiger partial charge in [0.2, 0.25) is 5.91 Å². The van der Waals surface area contributed by atoms with Gasteiger partial charge in [-0.1, -0.05) is 17.3 Å². The average molecular weight is 381 g/mol. The van der Waals surface area contributed by atoms with E-state index < -0.39 is 5.91 Å². The molecule has 4 rings (SSSR count). The smallest absolute Gasteiger partial charge is 0.278 e. The van der Waals surface area contributed by atoms with E-state index in [1.807, 2.05) is 25.3 Å². The molecule has 0 bridgehead atoms. The molecule has 4 aromatic rings. The van der Waals surface area contributed by atoms with E-state index in [1.54, 1.807) is 24.3 Å². The highest BCUT2D eigenvalue weighted by Crippen LogP contribution is 2.29. The first-order chi connectivity index (χ1) is 13.0. The Kier molecular flexibility index (Phi) is 4.28. The van der Waals surface area contributed by atoms with Gasteiger partial charge < -0.3 is 9.73 Å². The van der Waals surface area contributed by atoms with Gasteiger partial charge >= 0.3 is 0 Å². The maximum absolute atomic E-state index is 12.4. The number of aromatic nitrogens is 4. The van der Waals surface area contributed by atoms with Crippen molar-refractivity contribution in [1.82, 2.24) is 20.0 Å². The molecular weight excluding hydrogens is 366 g/mol. The molecule has 8 nitrogen and oxygen atoms in total. The summed E-state index contributed by atoms with van der Waals surface area (Å²) >= 11 is 1.30. The lowest BCUT2D eigenvalue weighted by molar-refractivity contribution is -0.117. The quantitative estimate of drug-likeness (QED) is 0.583. The molecule has 0 radical (unpaired) electrons. The number of hydrogen-bond acceptors (Lipinski definition) is 7. The maximum Gasteiger partial charge on any atom is 0.278 e. The predicted molar refractivity (Wildman–Crippen MR) is 102 cm³/mol. The number of thiazole rings is 1. The summed E-state index contributed by atoms with van der Waals surface area (Å²) in [4.78, 5) is 29.1. The van der Waals surface area contributed by atoms with Gasteiger partial charge in [-0.15, -0.1) is 16.4 Å². The van der Waals surface area contributed by atoms with Crippen molar-refractivity contribution in [2.45, 2.75) is 20.4 Å². The van der Waals surface area contributed by atoms with Crippen molar-refractivity contribution in [3.63, 3.8) is 0 Å². The van der Waals surface area contributed by atoms with Crippen molar-refractivity contribution in [1.29, 1.82) is 0 Å². The number of carbonyl (C=O) groups is 1. The zero-order valence-corrected chi connectivity index (χ0v) is 15.4. The van der Waals surface area contributed by atoms with Crippen LogP contribution in [0.3, 0.4) is 0 Å². The molecule has 3 aromatic heterocycles. The molecule has 0 unspecified atom stereocenters. The highest BCUT2D eigenvalue weighted by molar-refractivity contribution is 7.14. The lowest BCUT2D eigenvalue weighted by Crippen LogP contribution is -2.30. The van der Waals surface area contributed by atoms with Crippen LogP contribution in [0.15, 0.2) is 44.9 Å². The summed E-state index contributed by atoms with van der Waals surface area (Å²) in [5.74, 6) is 1.17. The van der Waals surface area contributed by atoms with Gasteiger partial charge in [0.15, 0.2) is 5.13 Å². The minimum atomic E-state index is -0.400. The zero-order valence-electron chi connectivity index (χ0n) is 14.6. The van der Waals surface area contributed by atoms with Gasteiger partial charge in [0.1, 0.15) is 23.6 Å². The molecule has 27 heavy (non-hydrogen) atoms. The summed E-state index contributed by atoms with van der Waals surface area (Å²) in [7, 11) is 0. The fraction of sp³-hybridized carbons (Fsp3) is 0.167. The minimum absolute atomic E-state index is 0.241. The fourth-order valence-electron chi connectivity index (χ4n) is 2.76. The molecular formula is C18H15N5O3S. The standard InChI is InChI=1S/C18H15N5O3S/c1-10-7-13(11(2)26-10)15-9-27-18(19-15)20-16(24)8-23-17(25)12-5-3-4-6-14(12)21-22-23/h3-7,9H,8H2,1-2H3,(H,19,20,24). The second-order valence-electron chi connectivity index (χ2n) is 5.98. The normalized spacial score (nSPS) is 11.0. The molecule has 0 fully saturated rings. The van der Waals surface area contributed by atoms with Crippen molar-refractivity contribution in [3.8, 4) is 11.3 Å². The molecule has 1 aromatic carbocycles. The summed E-state index contributed by atoms with van der Waals surface area (Å²) < 4.78 is 6.55. The number of hydrogen-bond donors (Lipinski definition) is 1. The van der Waals surface area contributed by atoms with E-state index in [0.29, 0.717) is 16.0 Å². The number of carbonyl (C=O) groups excluding carboxylic acids is 1. The molecule has 0 atom stereocenters. The third-order valence-electron chi connectivity index (χ3n) is 3.99. The summed E-state index contributed by atoms with van der Waals surface area (Å²) in [5, 5.41) is 13.2. The summed E-state index contributed by atoms with van der Waals surface area (Å²) in [6.07, 6.45) is 0. The number of rotatable bonds is 4. The van der Waals surface area contributed by atoms with Crippen LogP contribution in [0.25, 0.3) is 22.2 Å². The van der Waals surface area contributed by atoms with Crippen molar-refractivity contribution in [2.75, 3.05) is 5.32 Å². The lowest BCUT2D eigenvalue weighted by atomic mass is 10.2. The largest absolute Gasteiger partial charge is 0.466 e. The molecule has 0 saturated heterocycles. The molecule has 136 valence electrons. The minimum Gasteiger partial charge on any atom is -0.466 e. The maximum atomic E-state index is 12.4. The summed E-state index contributed by atoms with van der Waals surface area (Å²) in [5.41, 5.74) is 1.75. The van der Waals surface area contributed by atoms with E-state index in [2.05, 4.69) is 20.6 Å². The molecule has 9 heteroatoms. The Hall–Kier alpha value is -3.33. The number of benzene rings is 1. The molecule has 0 aliphatic heterocycles. The predicted octanol–water partition coefficient (Wildman–Crippen LogP) is 2.76. The van der Waals surface area contributed by atoms with Crippen LogP contribution in [-0.4, -0.2) is 25.9 Å². The number of nitrogens with one attached hydrogen (secondary N) is 1. The van der Waals surface area contributed by atoms with E-state index in [9.17, 15) is 9.59 Å². The topological polar surface area (TPSA) is 103 Å². The van der Waals surface area contributed by atoms with Crippen molar-refractivity contribution < 1.29 is 9.21 Å². The van der Waals surface area contributed by atoms with Crippen molar-refractivity contribution >= 4 is 33.3 Å². The SMILES string of the molecule is Cc1cc(-c2csc(NC(=O)Cn3nnc4ccccc4c3=O)n2)c(C)o1. The van der Waals surface area contributed by atoms with E-state index in [0.717, 1.165) is 27.5 Å². The van der Waals surface area contributed by atoms with Gasteiger partial charge in [0, 0.05) is 10.9 Å². The Balaban J connectivity index is 1.51. The van der Waals surface area contributed by atoms with E-state index in [1.165, 1.54) is 11.3 Å².